The number of rotatable bonds is 6. The predicted octanol–water partition coefficient (Wildman–Crippen LogP) is 3.60. The molecule has 9 heteroatoms. The minimum atomic E-state index is 0.492. The maximum Gasteiger partial charge on any atom is 0.225 e. The van der Waals surface area contributed by atoms with Gasteiger partial charge in [0.2, 0.25) is 5.95 Å². The fourth-order valence-corrected chi connectivity index (χ4v) is 4.94. The minimum Gasteiger partial charge on any atom is -0.378 e. The van der Waals surface area contributed by atoms with E-state index in [1.165, 1.54) is 16.1 Å². The molecule has 0 bridgehead atoms. The molecule has 0 aromatic carbocycles. The second kappa shape index (κ2) is 9.89. The van der Waals surface area contributed by atoms with Gasteiger partial charge in [0.1, 0.15) is 5.82 Å². The predicted molar refractivity (Wildman–Crippen MR) is 127 cm³/mol. The molecule has 1 N–H and O–H groups in total. The van der Waals surface area contributed by atoms with Crippen LogP contribution in [0.1, 0.15) is 34.9 Å². The SMILES string of the molecule is Cc1cnc(Nc2cccc(C3CCN(Cc4cnc(N5CCOCC5)nc4)CC3)n2)s1. The number of aromatic nitrogens is 4. The van der Waals surface area contributed by atoms with Crippen LogP contribution in [0.15, 0.2) is 36.8 Å². The molecule has 3 aromatic rings. The van der Waals surface area contributed by atoms with E-state index in [-0.39, 0.29) is 0 Å². The zero-order valence-electron chi connectivity index (χ0n) is 18.4. The molecular formula is C23H29N7OS. The van der Waals surface area contributed by atoms with Gasteiger partial charge in [0.15, 0.2) is 5.13 Å². The molecule has 2 aliphatic rings. The van der Waals surface area contributed by atoms with E-state index >= 15 is 0 Å². The van der Waals surface area contributed by atoms with Crippen LogP contribution in [0.4, 0.5) is 16.9 Å². The molecule has 5 heterocycles. The number of pyridine rings is 1. The fraction of sp³-hybridized carbons (Fsp3) is 0.478. The monoisotopic (exact) mass is 451 g/mol. The Bertz CT molecular complexity index is 1010. The molecule has 2 aliphatic heterocycles. The van der Waals surface area contributed by atoms with Gasteiger partial charge in [0, 0.05) is 60.3 Å². The maximum atomic E-state index is 5.41. The van der Waals surface area contributed by atoms with E-state index in [1.54, 1.807) is 11.3 Å². The summed E-state index contributed by atoms with van der Waals surface area (Å²) in [7, 11) is 0. The van der Waals surface area contributed by atoms with Crippen molar-refractivity contribution in [3.05, 3.63) is 52.9 Å². The third-order valence-electron chi connectivity index (χ3n) is 6.02. The molecule has 0 saturated carbocycles. The smallest absolute Gasteiger partial charge is 0.225 e. The van der Waals surface area contributed by atoms with E-state index in [0.717, 1.165) is 75.7 Å². The number of nitrogens with zero attached hydrogens (tertiary/aromatic N) is 6. The van der Waals surface area contributed by atoms with Crippen molar-refractivity contribution in [2.24, 2.45) is 0 Å². The van der Waals surface area contributed by atoms with E-state index in [4.69, 9.17) is 9.72 Å². The van der Waals surface area contributed by atoms with Gasteiger partial charge >= 0.3 is 0 Å². The van der Waals surface area contributed by atoms with Crippen molar-refractivity contribution in [3.8, 4) is 0 Å². The number of hydrogen-bond acceptors (Lipinski definition) is 9. The average Bonchev–Trinajstić information content (AvgIpc) is 3.25. The third-order valence-corrected chi connectivity index (χ3v) is 6.85. The fourth-order valence-electron chi connectivity index (χ4n) is 4.27. The number of aryl methyl sites for hydroxylation is 1. The Labute approximate surface area is 192 Å². The summed E-state index contributed by atoms with van der Waals surface area (Å²) in [5.41, 5.74) is 2.34. The molecule has 2 saturated heterocycles. The molecule has 8 nitrogen and oxygen atoms in total. The summed E-state index contributed by atoms with van der Waals surface area (Å²) in [6, 6.07) is 6.25. The van der Waals surface area contributed by atoms with Gasteiger partial charge in [0.05, 0.1) is 13.2 Å². The van der Waals surface area contributed by atoms with Gasteiger partial charge in [-0.1, -0.05) is 6.07 Å². The van der Waals surface area contributed by atoms with Gasteiger partial charge in [-0.15, -0.1) is 11.3 Å². The lowest BCUT2D eigenvalue weighted by atomic mass is 9.93. The Morgan fingerprint density at radius 2 is 1.81 bits per heavy atom. The molecule has 0 radical (unpaired) electrons. The molecule has 3 aromatic heterocycles. The number of likely N-dealkylation sites (tertiary alicyclic amines) is 1. The van der Waals surface area contributed by atoms with E-state index < -0.39 is 0 Å². The van der Waals surface area contributed by atoms with Crippen molar-refractivity contribution in [3.63, 3.8) is 0 Å². The number of nitrogens with one attached hydrogen (secondary N) is 1. The van der Waals surface area contributed by atoms with Crippen LogP contribution in [0, 0.1) is 6.92 Å². The van der Waals surface area contributed by atoms with Crippen molar-refractivity contribution in [1.29, 1.82) is 0 Å². The highest BCUT2D eigenvalue weighted by Gasteiger charge is 2.22. The van der Waals surface area contributed by atoms with Gasteiger partial charge in [-0.2, -0.15) is 0 Å². The molecule has 0 spiro atoms. The topological polar surface area (TPSA) is 79.3 Å². The standard InChI is InChI=1S/C23H29N7OS/c1-17-13-26-23(32-17)28-21-4-2-3-20(27-21)19-5-7-29(8-6-19)16-18-14-24-22(25-15-18)30-9-11-31-12-10-30/h2-4,13-15,19H,5-12,16H2,1H3,(H,26,27,28). The first-order chi connectivity index (χ1) is 15.7. The lowest BCUT2D eigenvalue weighted by Crippen LogP contribution is -2.37. The minimum absolute atomic E-state index is 0.492. The summed E-state index contributed by atoms with van der Waals surface area (Å²) in [5, 5.41) is 4.23. The largest absolute Gasteiger partial charge is 0.378 e. The summed E-state index contributed by atoms with van der Waals surface area (Å²) < 4.78 is 5.41. The Balaban J connectivity index is 1.14. The first kappa shape index (κ1) is 21.2. The third kappa shape index (κ3) is 5.23. The maximum absolute atomic E-state index is 5.41. The Morgan fingerprint density at radius 1 is 1.03 bits per heavy atom. The van der Waals surface area contributed by atoms with Crippen LogP contribution in [-0.4, -0.2) is 64.2 Å². The molecule has 0 amide bonds. The lowest BCUT2D eigenvalue weighted by Gasteiger charge is -2.32. The van der Waals surface area contributed by atoms with Crippen LogP contribution in [-0.2, 0) is 11.3 Å². The number of ether oxygens (including phenoxy) is 1. The van der Waals surface area contributed by atoms with Gasteiger partial charge in [0.25, 0.3) is 0 Å². The summed E-state index contributed by atoms with van der Waals surface area (Å²) in [5.74, 6) is 2.17. The van der Waals surface area contributed by atoms with E-state index in [9.17, 15) is 0 Å². The zero-order chi connectivity index (χ0) is 21.8. The van der Waals surface area contributed by atoms with Gasteiger partial charge in [-0.3, -0.25) is 4.90 Å². The molecule has 0 atom stereocenters. The van der Waals surface area contributed by atoms with E-state index in [1.807, 2.05) is 24.7 Å². The normalized spacial score (nSPS) is 18.1. The number of thiazole rings is 1. The first-order valence-corrected chi connectivity index (χ1v) is 12.1. The zero-order valence-corrected chi connectivity index (χ0v) is 19.2. The van der Waals surface area contributed by atoms with E-state index in [0.29, 0.717) is 5.92 Å². The second-order valence-corrected chi connectivity index (χ2v) is 9.62. The Morgan fingerprint density at radius 3 is 2.53 bits per heavy atom. The van der Waals surface area contributed by atoms with Crippen LogP contribution in [0.25, 0.3) is 0 Å². The number of anilines is 3. The average molecular weight is 452 g/mol. The van der Waals surface area contributed by atoms with Crippen LogP contribution in [0.3, 0.4) is 0 Å². The van der Waals surface area contributed by atoms with Crippen LogP contribution >= 0.6 is 11.3 Å². The quantitative estimate of drug-likeness (QED) is 0.609. The summed E-state index contributed by atoms with van der Waals surface area (Å²) in [6.07, 6.45) is 8.05. The summed E-state index contributed by atoms with van der Waals surface area (Å²) >= 11 is 1.65. The molecule has 0 unspecified atom stereocenters. The van der Waals surface area contributed by atoms with E-state index in [2.05, 4.69) is 49.1 Å². The molecule has 0 aliphatic carbocycles. The highest BCUT2D eigenvalue weighted by molar-refractivity contribution is 7.15. The highest BCUT2D eigenvalue weighted by Crippen LogP contribution is 2.29. The number of morpholine rings is 1. The molecule has 32 heavy (non-hydrogen) atoms. The summed E-state index contributed by atoms with van der Waals surface area (Å²) in [6.45, 7) is 8.29. The Kier molecular flexibility index (Phi) is 6.56. The van der Waals surface area contributed by atoms with Gasteiger partial charge in [-0.05, 0) is 45.0 Å². The second-order valence-electron chi connectivity index (χ2n) is 8.39. The van der Waals surface area contributed by atoms with Gasteiger partial charge in [-0.25, -0.2) is 19.9 Å². The van der Waals surface area contributed by atoms with Crippen LogP contribution in [0.2, 0.25) is 0 Å². The number of hydrogen-bond donors (Lipinski definition) is 1. The van der Waals surface area contributed by atoms with Crippen molar-refractivity contribution < 1.29 is 4.74 Å². The first-order valence-electron chi connectivity index (χ1n) is 11.3. The highest BCUT2D eigenvalue weighted by atomic mass is 32.1. The van der Waals surface area contributed by atoms with Crippen LogP contribution < -0.4 is 10.2 Å². The lowest BCUT2D eigenvalue weighted by molar-refractivity contribution is 0.122. The molecule has 5 rings (SSSR count). The van der Waals surface area contributed by atoms with Crippen molar-refractivity contribution >= 4 is 28.2 Å². The summed E-state index contributed by atoms with van der Waals surface area (Å²) in [4.78, 5) is 24.3. The van der Waals surface area contributed by atoms with Crippen molar-refractivity contribution in [2.75, 3.05) is 49.6 Å². The molecule has 168 valence electrons. The van der Waals surface area contributed by atoms with Crippen molar-refractivity contribution in [1.82, 2.24) is 24.8 Å². The number of piperidine rings is 1. The van der Waals surface area contributed by atoms with Crippen LogP contribution in [0.5, 0.6) is 0 Å². The van der Waals surface area contributed by atoms with Crippen molar-refractivity contribution in [2.45, 2.75) is 32.2 Å². The Hall–Kier alpha value is -2.62. The molecule has 2 fully saturated rings. The molecular weight excluding hydrogens is 422 g/mol. The van der Waals surface area contributed by atoms with Gasteiger partial charge < -0.3 is 15.0 Å².